The van der Waals surface area contributed by atoms with Crippen molar-refractivity contribution in [2.45, 2.75) is 31.2 Å². The molecule has 9 heteroatoms. The maximum Gasteiger partial charge on any atom is 0.269 e. The summed E-state index contributed by atoms with van der Waals surface area (Å²) in [4.78, 5) is 22.6. The molecule has 27 heavy (non-hydrogen) atoms. The van der Waals surface area contributed by atoms with Gasteiger partial charge in [-0.1, -0.05) is 25.1 Å². The molecule has 0 heterocycles. The van der Waals surface area contributed by atoms with Gasteiger partial charge in [0.1, 0.15) is 6.54 Å². The van der Waals surface area contributed by atoms with E-state index in [1.54, 1.807) is 18.2 Å². The summed E-state index contributed by atoms with van der Waals surface area (Å²) >= 11 is 0. The number of non-ortho nitro benzene ring substituents is 1. The van der Waals surface area contributed by atoms with E-state index in [1.807, 2.05) is 13.8 Å². The van der Waals surface area contributed by atoms with Crippen LogP contribution in [0.25, 0.3) is 0 Å². The Morgan fingerprint density at radius 2 is 1.74 bits per heavy atom. The lowest BCUT2D eigenvalue weighted by Crippen LogP contribution is -2.43. The number of amides is 1. The van der Waals surface area contributed by atoms with Crippen LogP contribution >= 0.6 is 0 Å². The quantitative estimate of drug-likeness (QED) is 0.549. The van der Waals surface area contributed by atoms with Gasteiger partial charge in [-0.3, -0.25) is 19.2 Å². The Bertz CT molecular complexity index is 898. The zero-order valence-electron chi connectivity index (χ0n) is 15.0. The number of benzene rings is 2. The number of anilines is 1. The molecule has 1 atom stereocenters. The van der Waals surface area contributed by atoms with Crippen molar-refractivity contribution in [1.82, 2.24) is 5.32 Å². The Morgan fingerprint density at radius 3 is 2.26 bits per heavy atom. The van der Waals surface area contributed by atoms with E-state index in [2.05, 4.69) is 5.32 Å². The number of nitro groups is 1. The topological polar surface area (TPSA) is 110 Å². The molecule has 0 spiro atoms. The zero-order valence-corrected chi connectivity index (χ0v) is 15.8. The molecule has 2 aromatic carbocycles. The highest BCUT2D eigenvalue weighted by Gasteiger charge is 2.27. The molecule has 0 aliphatic heterocycles. The number of hydrogen-bond donors (Lipinski definition) is 1. The van der Waals surface area contributed by atoms with Gasteiger partial charge in [-0.05, 0) is 37.6 Å². The van der Waals surface area contributed by atoms with E-state index in [9.17, 15) is 23.3 Å². The van der Waals surface area contributed by atoms with Crippen LogP contribution in [-0.2, 0) is 14.8 Å². The van der Waals surface area contributed by atoms with Crippen LogP contribution in [0.3, 0.4) is 0 Å². The Hall–Kier alpha value is -2.94. The highest BCUT2D eigenvalue weighted by atomic mass is 32.2. The molecule has 0 bridgehead atoms. The summed E-state index contributed by atoms with van der Waals surface area (Å²) in [5, 5.41) is 13.6. The molecular weight excluding hydrogens is 370 g/mol. The molecule has 0 aromatic heterocycles. The van der Waals surface area contributed by atoms with Gasteiger partial charge in [0, 0.05) is 18.2 Å². The average Bonchev–Trinajstić information content (AvgIpc) is 2.66. The molecule has 144 valence electrons. The number of nitrogens with zero attached hydrogens (tertiary/aromatic N) is 2. The van der Waals surface area contributed by atoms with Crippen molar-refractivity contribution in [3.63, 3.8) is 0 Å². The highest BCUT2D eigenvalue weighted by molar-refractivity contribution is 7.92. The van der Waals surface area contributed by atoms with Gasteiger partial charge in [0.25, 0.3) is 15.7 Å². The van der Waals surface area contributed by atoms with Crippen molar-refractivity contribution in [3.8, 4) is 0 Å². The molecule has 0 unspecified atom stereocenters. The van der Waals surface area contributed by atoms with Gasteiger partial charge in [-0.25, -0.2) is 8.42 Å². The lowest BCUT2D eigenvalue weighted by atomic mass is 10.2. The molecule has 0 radical (unpaired) electrons. The second-order valence-electron chi connectivity index (χ2n) is 5.98. The van der Waals surface area contributed by atoms with Crippen molar-refractivity contribution in [2.24, 2.45) is 0 Å². The summed E-state index contributed by atoms with van der Waals surface area (Å²) < 4.78 is 27.1. The van der Waals surface area contributed by atoms with Gasteiger partial charge in [-0.2, -0.15) is 0 Å². The van der Waals surface area contributed by atoms with Gasteiger partial charge in [0.15, 0.2) is 0 Å². The minimum atomic E-state index is -4.02. The van der Waals surface area contributed by atoms with Gasteiger partial charge < -0.3 is 5.32 Å². The third-order valence-corrected chi connectivity index (χ3v) is 5.77. The van der Waals surface area contributed by atoms with Crippen molar-refractivity contribution in [3.05, 3.63) is 64.7 Å². The van der Waals surface area contributed by atoms with Crippen molar-refractivity contribution < 1.29 is 18.1 Å². The number of hydrogen-bond acceptors (Lipinski definition) is 5. The minimum Gasteiger partial charge on any atom is -0.352 e. The molecule has 0 saturated carbocycles. The lowest BCUT2D eigenvalue weighted by Gasteiger charge is -2.24. The van der Waals surface area contributed by atoms with E-state index in [1.165, 1.54) is 36.4 Å². The molecule has 0 aliphatic rings. The van der Waals surface area contributed by atoms with Crippen LogP contribution in [0.15, 0.2) is 59.5 Å². The molecule has 0 aliphatic carbocycles. The first-order valence-corrected chi connectivity index (χ1v) is 9.81. The molecular formula is C18H21N3O5S. The molecule has 8 nitrogen and oxygen atoms in total. The second-order valence-corrected chi connectivity index (χ2v) is 7.84. The van der Waals surface area contributed by atoms with E-state index >= 15 is 0 Å². The first kappa shape index (κ1) is 20.4. The Morgan fingerprint density at radius 1 is 1.15 bits per heavy atom. The minimum absolute atomic E-state index is 0.0275. The summed E-state index contributed by atoms with van der Waals surface area (Å²) in [5.74, 6) is -0.456. The number of sulfonamides is 1. The molecule has 2 aromatic rings. The summed E-state index contributed by atoms with van der Waals surface area (Å²) in [6, 6.07) is 12.6. The normalized spacial score (nSPS) is 12.2. The van der Waals surface area contributed by atoms with Gasteiger partial charge in [-0.15, -0.1) is 0 Å². The Labute approximate surface area is 158 Å². The average molecular weight is 391 g/mol. The van der Waals surface area contributed by atoms with Crippen molar-refractivity contribution in [1.29, 1.82) is 0 Å². The van der Waals surface area contributed by atoms with Crippen LogP contribution in [0.1, 0.15) is 20.3 Å². The lowest BCUT2D eigenvalue weighted by molar-refractivity contribution is -0.384. The summed E-state index contributed by atoms with van der Waals surface area (Å²) in [7, 11) is -4.02. The standard InChI is InChI=1S/C18H21N3O5S/c1-3-14(2)19-18(22)13-20(15-9-11-16(12-10-15)21(23)24)27(25,26)17-7-5-4-6-8-17/h4-12,14H,3,13H2,1-2H3,(H,19,22)/t14-/m0/s1. The maximum atomic E-state index is 13.1. The Kier molecular flexibility index (Phi) is 6.51. The third kappa shape index (κ3) is 5.04. The van der Waals surface area contributed by atoms with E-state index in [4.69, 9.17) is 0 Å². The molecule has 1 amide bonds. The fourth-order valence-electron chi connectivity index (χ4n) is 2.33. The van der Waals surface area contributed by atoms with E-state index in [-0.39, 0.29) is 22.3 Å². The van der Waals surface area contributed by atoms with Crippen LogP contribution in [0.2, 0.25) is 0 Å². The molecule has 2 rings (SSSR count). The smallest absolute Gasteiger partial charge is 0.269 e. The predicted octanol–water partition coefficient (Wildman–Crippen LogP) is 2.70. The van der Waals surface area contributed by atoms with Crippen molar-refractivity contribution >= 4 is 27.3 Å². The molecule has 0 fully saturated rings. The number of carbonyl (C=O) groups is 1. The molecule has 0 saturated heterocycles. The van der Waals surface area contributed by atoms with Crippen LogP contribution in [0, 0.1) is 10.1 Å². The fraction of sp³-hybridized carbons (Fsp3) is 0.278. The van der Waals surface area contributed by atoms with Gasteiger partial charge >= 0.3 is 0 Å². The van der Waals surface area contributed by atoms with E-state index < -0.39 is 27.4 Å². The fourth-order valence-corrected chi connectivity index (χ4v) is 3.77. The van der Waals surface area contributed by atoms with E-state index in [0.29, 0.717) is 6.42 Å². The third-order valence-electron chi connectivity index (χ3n) is 3.99. The van der Waals surface area contributed by atoms with Crippen LogP contribution in [0.5, 0.6) is 0 Å². The number of nitro benzene ring substituents is 1. The number of rotatable bonds is 8. The van der Waals surface area contributed by atoms with Gasteiger partial charge in [0.05, 0.1) is 15.5 Å². The monoisotopic (exact) mass is 391 g/mol. The summed E-state index contributed by atoms with van der Waals surface area (Å²) in [5.41, 5.74) is 0.00335. The highest BCUT2D eigenvalue weighted by Crippen LogP contribution is 2.25. The van der Waals surface area contributed by atoms with Crippen LogP contribution < -0.4 is 9.62 Å². The summed E-state index contributed by atoms with van der Waals surface area (Å²) in [6.07, 6.45) is 0.703. The Balaban J connectivity index is 2.42. The maximum absolute atomic E-state index is 13.1. The van der Waals surface area contributed by atoms with Gasteiger partial charge in [0.2, 0.25) is 5.91 Å². The summed E-state index contributed by atoms with van der Waals surface area (Å²) in [6.45, 7) is 3.29. The first-order chi connectivity index (χ1) is 12.8. The predicted molar refractivity (Wildman–Crippen MR) is 102 cm³/mol. The first-order valence-electron chi connectivity index (χ1n) is 8.37. The largest absolute Gasteiger partial charge is 0.352 e. The number of nitrogens with one attached hydrogen (secondary N) is 1. The van der Waals surface area contributed by atoms with Crippen LogP contribution in [0.4, 0.5) is 11.4 Å². The van der Waals surface area contributed by atoms with Crippen molar-refractivity contribution in [2.75, 3.05) is 10.8 Å². The zero-order chi connectivity index (χ0) is 20.0. The second kappa shape index (κ2) is 8.63. The van der Waals surface area contributed by atoms with E-state index in [0.717, 1.165) is 4.31 Å². The number of carbonyl (C=O) groups excluding carboxylic acids is 1. The molecule has 1 N–H and O–H groups in total. The van der Waals surface area contributed by atoms with Crippen LogP contribution in [-0.4, -0.2) is 31.8 Å². The SMILES string of the molecule is CC[C@H](C)NC(=O)CN(c1ccc([N+](=O)[O-])cc1)S(=O)(=O)c1ccccc1.